The van der Waals surface area contributed by atoms with E-state index in [9.17, 15) is 4.39 Å². The maximum atomic E-state index is 12.8. The van der Waals surface area contributed by atoms with Crippen molar-refractivity contribution in [3.05, 3.63) is 76.4 Å². The normalized spacial score (nSPS) is 11.6. The summed E-state index contributed by atoms with van der Waals surface area (Å²) < 4.78 is 12.8. The molecule has 0 saturated heterocycles. The van der Waals surface area contributed by atoms with Crippen molar-refractivity contribution in [3.63, 3.8) is 0 Å². The summed E-state index contributed by atoms with van der Waals surface area (Å²) in [4.78, 5) is 3.92. The van der Waals surface area contributed by atoms with Gasteiger partial charge in [-0.1, -0.05) is 35.4 Å². The van der Waals surface area contributed by atoms with Crippen molar-refractivity contribution >= 4 is 11.8 Å². The fourth-order valence-electron chi connectivity index (χ4n) is 1.64. The van der Waals surface area contributed by atoms with Crippen LogP contribution in [0.15, 0.2) is 64.6 Å². The first-order valence-electron chi connectivity index (χ1n) is 5.78. The van der Waals surface area contributed by atoms with Gasteiger partial charge in [-0.05, 0) is 41.8 Å². The minimum Gasteiger partial charge on any atom is -0.207 e. The molecular formula is C14H12FN3S. The second kappa shape index (κ2) is 6.83. The average molecular weight is 273 g/mol. The number of nitrogens with zero attached hydrogens (tertiary/aromatic N) is 3. The van der Waals surface area contributed by atoms with E-state index in [1.165, 1.54) is 23.9 Å². The Morgan fingerprint density at radius 1 is 1.11 bits per heavy atom. The Morgan fingerprint density at radius 2 is 1.79 bits per heavy atom. The van der Waals surface area contributed by atoms with Crippen LogP contribution in [0, 0.1) is 5.82 Å². The molecule has 1 unspecified atom stereocenters. The molecule has 5 heteroatoms. The van der Waals surface area contributed by atoms with Crippen molar-refractivity contribution in [2.24, 2.45) is 5.11 Å². The van der Waals surface area contributed by atoms with Crippen molar-refractivity contribution in [3.8, 4) is 0 Å². The van der Waals surface area contributed by atoms with Crippen LogP contribution < -0.4 is 0 Å². The summed E-state index contributed by atoms with van der Waals surface area (Å²) in [5, 5.41) is 3.55. The third kappa shape index (κ3) is 4.32. The minimum atomic E-state index is -0.264. The van der Waals surface area contributed by atoms with Gasteiger partial charge in [0.15, 0.2) is 0 Å². The lowest BCUT2D eigenvalue weighted by molar-refractivity contribution is 0.627. The van der Waals surface area contributed by atoms with Gasteiger partial charge in [0.25, 0.3) is 0 Å². The van der Waals surface area contributed by atoms with E-state index in [0.29, 0.717) is 6.42 Å². The number of thioether (sulfide) groups is 1. The van der Waals surface area contributed by atoms with Gasteiger partial charge in [0.05, 0.1) is 5.37 Å². The Balaban J connectivity index is 2.08. The maximum absolute atomic E-state index is 12.8. The molecule has 19 heavy (non-hydrogen) atoms. The lowest BCUT2D eigenvalue weighted by Gasteiger charge is -2.10. The molecule has 0 N–H and O–H groups in total. The van der Waals surface area contributed by atoms with E-state index in [0.717, 1.165) is 10.5 Å². The summed E-state index contributed by atoms with van der Waals surface area (Å²) in [5.41, 5.74) is 9.57. The molecular weight excluding hydrogens is 261 g/mol. The number of rotatable bonds is 5. The molecule has 0 saturated carbocycles. The smallest absolute Gasteiger partial charge is 0.123 e. The molecule has 96 valence electrons. The summed E-state index contributed by atoms with van der Waals surface area (Å²) in [6, 6.07) is 16.0. The van der Waals surface area contributed by atoms with Crippen LogP contribution in [0.3, 0.4) is 0 Å². The second-order valence-corrected chi connectivity index (χ2v) is 5.17. The zero-order valence-electron chi connectivity index (χ0n) is 10.1. The summed E-state index contributed by atoms with van der Waals surface area (Å²) in [6.45, 7) is 0. The van der Waals surface area contributed by atoms with Crippen molar-refractivity contribution in [2.45, 2.75) is 16.7 Å². The van der Waals surface area contributed by atoms with Gasteiger partial charge in [-0.25, -0.2) is 4.39 Å². The van der Waals surface area contributed by atoms with Gasteiger partial charge >= 0.3 is 0 Å². The van der Waals surface area contributed by atoms with Gasteiger partial charge < -0.3 is 0 Å². The van der Waals surface area contributed by atoms with Crippen molar-refractivity contribution in [1.82, 2.24) is 0 Å². The number of halogens is 1. The minimum absolute atomic E-state index is 0.238. The lowest BCUT2D eigenvalue weighted by Crippen LogP contribution is -2.02. The van der Waals surface area contributed by atoms with Crippen molar-refractivity contribution in [1.29, 1.82) is 0 Å². The average Bonchev–Trinajstić information content (AvgIpc) is 2.43. The summed E-state index contributed by atoms with van der Waals surface area (Å²) >= 11 is 1.50. The molecule has 0 fully saturated rings. The molecule has 0 aromatic heterocycles. The Morgan fingerprint density at radius 3 is 2.42 bits per heavy atom. The van der Waals surface area contributed by atoms with Gasteiger partial charge in [0.2, 0.25) is 0 Å². The summed E-state index contributed by atoms with van der Waals surface area (Å²) in [6.07, 6.45) is 0.573. The molecule has 0 amide bonds. The van der Waals surface area contributed by atoms with E-state index in [1.54, 1.807) is 12.1 Å². The molecule has 0 radical (unpaired) electrons. The quantitative estimate of drug-likeness (QED) is 0.334. The first-order valence-corrected chi connectivity index (χ1v) is 6.66. The topological polar surface area (TPSA) is 48.8 Å². The summed E-state index contributed by atoms with van der Waals surface area (Å²) in [5.74, 6) is -0.264. The molecule has 0 aliphatic rings. The molecule has 1 atom stereocenters. The number of hydrogen-bond donors (Lipinski definition) is 0. The van der Waals surface area contributed by atoms with Crippen LogP contribution in [0.4, 0.5) is 4.39 Å². The molecule has 2 aromatic rings. The zero-order valence-corrected chi connectivity index (χ0v) is 10.9. The first kappa shape index (κ1) is 13.5. The van der Waals surface area contributed by atoms with Crippen LogP contribution in [-0.2, 0) is 6.42 Å². The van der Waals surface area contributed by atoms with Gasteiger partial charge in [0.1, 0.15) is 5.82 Å². The molecule has 0 aliphatic heterocycles. The molecule has 0 heterocycles. The Hall–Kier alpha value is -1.97. The predicted octanol–water partition coefficient (Wildman–Crippen LogP) is 4.80. The van der Waals surface area contributed by atoms with E-state index in [4.69, 9.17) is 5.53 Å². The third-order valence-electron chi connectivity index (χ3n) is 2.52. The van der Waals surface area contributed by atoms with Crippen LogP contribution >= 0.6 is 11.8 Å². The van der Waals surface area contributed by atoms with Crippen molar-refractivity contribution in [2.75, 3.05) is 0 Å². The molecule has 0 aliphatic carbocycles. The number of benzene rings is 2. The highest BCUT2D eigenvalue weighted by Gasteiger charge is 2.09. The van der Waals surface area contributed by atoms with Crippen LogP contribution in [0.2, 0.25) is 0 Å². The van der Waals surface area contributed by atoms with E-state index in [1.807, 2.05) is 30.3 Å². The SMILES string of the molecule is [N-]=[N+]=NC(Cc1ccc(F)cc1)Sc1ccccc1. The fraction of sp³-hybridized carbons (Fsp3) is 0.143. The number of azide groups is 1. The monoisotopic (exact) mass is 273 g/mol. The van der Waals surface area contributed by atoms with E-state index in [-0.39, 0.29) is 11.2 Å². The Bertz CT molecular complexity index is 565. The molecule has 0 spiro atoms. The van der Waals surface area contributed by atoms with E-state index in [2.05, 4.69) is 10.0 Å². The fourth-order valence-corrected chi connectivity index (χ4v) is 2.64. The molecule has 3 nitrogen and oxygen atoms in total. The van der Waals surface area contributed by atoms with Gasteiger partial charge in [-0.2, -0.15) is 0 Å². The number of hydrogen-bond acceptors (Lipinski definition) is 2. The third-order valence-corrected chi connectivity index (χ3v) is 3.60. The van der Waals surface area contributed by atoms with Crippen LogP contribution in [-0.4, -0.2) is 5.37 Å². The standard InChI is InChI=1S/C14H12FN3S/c15-12-8-6-11(7-9-12)10-14(17-18-16)19-13-4-2-1-3-5-13/h1-9,14H,10H2. The Labute approximate surface area is 115 Å². The molecule has 2 rings (SSSR count). The zero-order chi connectivity index (χ0) is 13.5. The Kier molecular flexibility index (Phi) is 4.84. The largest absolute Gasteiger partial charge is 0.207 e. The highest BCUT2D eigenvalue weighted by molar-refractivity contribution is 8.00. The summed E-state index contributed by atoms with van der Waals surface area (Å²) in [7, 11) is 0. The molecule has 0 bridgehead atoms. The predicted molar refractivity (Wildman–Crippen MR) is 75.3 cm³/mol. The van der Waals surface area contributed by atoms with Crippen LogP contribution in [0.5, 0.6) is 0 Å². The van der Waals surface area contributed by atoms with Crippen LogP contribution in [0.25, 0.3) is 10.4 Å². The van der Waals surface area contributed by atoms with E-state index >= 15 is 0 Å². The maximum Gasteiger partial charge on any atom is 0.123 e. The first-order chi connectivity index (χ1) is 9.28. The lowest BCUT2D eigenvalue weighted by atomic mass is 10.1. The van der Waals surface area contributed by atoms with Gasteiger partial charge in [-0.15, -0.1) is 11.8 Å². The highest BCUT2D eigenvalue weighted by Crippen LogP contribution is 2.26. The van der Waals surface area contributed by atoms with Crippen molar-refractivity contribution < 1.29 is 4.39 Å². The van der Waals surface area contributed by atoms with Gasteiger partial charge in [-0.3, -0.25) is 0 Å². The second-order valence-electron chi connectivity index (χ2n) is 3.92. The van der Waals surface area contributed by atoms with Gasteiger partial charge in [0, 0.05) is 9.81 Å². The van der Waals surface area contributed by atoms with Crippen LogP contribution in [0.1, 0.15) is 5.56 Å². The molecule has 2 aromatic carbocycles. The van der Waals surface area contributed by atoms with E-state index < -0.39 is 0 Å². The highest BCUT2D eigenvalue weighted by atomic mass is 32.2.